The van der Waals surface area contributed by atoms with Crippen LogP contribution in [0.4, 0.5) is 10.5 Å². The van der Waals surface area contributed by atoms with Gasteiger partial charge in [-0.2, -0.15) is 0 Å². The van der Waals surface area contributed by atoms with Crippen molar-refractivity contribution in [3.63, 3.8) is 0 Å². The van der Waals surface area contributed by atoms with E-state index in [0.717, 1.165) is 38.7 Å². The third-order valence-corrected chi connectivity index (χ3v) is 5.42. The summed E-state index contributed by atoms with van der Waals surface area (Å²) in [7, 11) is 0. The van der Waals surface area contributed by atoms with E-state index in [4.69, 9.17) is 0 Å². The Morgan fingerprint density at radius 3 is 2.19 bits per heavy atom. The predicted octanol–water partition coefficient (Wildman–Crippen LogP) is 4.38. The van der Waals surface area contributed by atoms with Gasteiger partial charge in [-0.3, -0.25) is 14.9 Å². The standard InChI is InChI=1S/C25H23N3O3/c1-15-8-10-20(11-9-15)28-24(30)22(23(29)26-25(28)31)14-19-13-17(3)27(18(19)4)21-7-5-6-16(2)12-21/h5-14H,1-4H3,(H,26,29,31)/b22-14+. The zero-order valence-electron chi connectivity index (χ0n) is 17.9. The zero-order valence-corrected chi connectivity index (χ0v) is 17.9. The van der Waals surface area contributed by atoms with Crippen LogP contribution in [0, 0.1) is 27.7 Å². The molecule has 0 saturated carbocycles. The molecule has 1 aliphatic heterocycles. The molecule has 0 bridgehead atoms. The number of aryl methyl sites for hydroxylation is 3. The fourth-order valence-corrected chi connectivity index (χ4v) is 3.84. The lowest BCUT2D eigenvalue weighted by atomic mass is 10.1. The van der Waals surface area contributed by atoms with E-state index in [0.29, 0.717) is 5.69 Å². The Hall–Kier alpha value is -3.93. The molecule has 1 aliphatic rings. The molecule has 6 nitrogen and oxygen atoms in total. The number of carbonyl (C=O) groups excluding carboxylic acids is 3. The van der Waals surface area contributed by atoms with E-state index < -0.39 is 17.8 Å². The number of barbiturate groups is 1. The number of nitrogens with one attached hydrogen (secondary N) is 1. The summed E-state index contributed by atoms with van der Waals surface area (Å²) in [6.07, 6.45) is 1.56. The van der Waals surface area contributed by atoms with Crippen LogP contribution in [0.5, 0.6) is 0 Å². The molecule has 0 unspecified atom stereocenters. The van der Waals surface area contributed by atoms with Crippen molar-refractivity contribution in [2.75, 3.05) is 4.90 Å². The maximum absolute atomic E-state index is 13.1. The second-order valence-corrected chi connectivity index (χ2v) is 7.79. The lowest BCUT2D eigenvalue weighted by Crippen LogP contribution is -2.54. The summed E-state index contributed by atoms with van der Waals surface area (Å²) in [6, 6.07) is 16.3. The second-order valence-electron chi connectivity index (χ2n) is 7.79. The molecular weight excluding hydrogens is 390 g/mol. The molecule has 1 N–H and O–H groups in total. The number of urea groups is 1. The quantitative estimate of drug-likeness (QED) is 0.512. The topological polar surface area (TPSA) is 71.4 Å². The van der Waals surface area contributed by atoms with Gasteiger partial charge in [0.2, 0.25) is 0 Å². The predicted molar refractivity (Wildman–Crippen MR) is 120 cm³/mol. The Balaban J connectivity index is 1.76. The van der Waals surface area contributed by atoms with Crippen molar-refractivity contribution in [2.45, 2.75) is 27.7 Å². The highest BCUT2D eigenvalue weighted by Crippen LogP contribution is 2.26. The summed E-state index contributed by atoms with van der Waals surface area (Å²) in [5.74, 6) is -1.34. The molecule has 1 aromatic heterocycles. The average Bonchev–Trinajstić information content (AvgIpc) is 2.99. The maximum Gasteiger partial charge on any atom is 0.335 e. The molecule has 6 heteroatoms. The summed E-state index contributed by atoms with van der Waals surface area (Å²) < 4.78 is 2.08. The zero-order chi connectivity index (χ0) is 22.3. The van der Waals surface area contributed by atoms with Gasteiger partial charge < -0.3 is 4.57 Å². The van der Waals surface area contributed by atoms with Gasteiger partial charge in [0.15, 0.2) is 0 Å². The second kappa shape index (κ2) is 7.72. The molecule has 3 aromatic rings. The lowest BCUT2D eigenvalue weighted by molar-refractivity contribution is -0.122. The highest BCUT2D eigenvalue weighted by molar-refractivity contribution is 6.39. The number of benzene rings is 2. The fourth-order valence-electron chi connectivity index (χ4n) is 3.84. The van der Waals surface area contributed by atoms with Gasteiger partial charge in [0.1, 0.15) is 5.57 Å². The number of imide groups is 2. The van der Waals surface area contributed by atoms with Gasteiger partial charge in [-0.25, -0.2) is 9.69 Å². The molecule has 0 radical (unpaired) electrons. The third-order valence-electron chi connectivity index (χ3n) is 5.42. The first-order chi connectivity index (χ1) is 14.8. The van der Waals surface area contributed by atoms with E-state index in [9.17, 15) is 14.4 Å². The van der Waals surface area contributed by atoms with Crippen LogP contribution in [-0.2, 0) is 9.59 Å². The average molecular weight is 413 g/mol. The van der Waals surface area contributed by atoms with Crippen molar-refractivity contribution >= 4 is 29.6 Å². The molecule has 1 saturated heterocycles. The van der Waals surface area contributed by atoms with E-state index in [1.54, 1.807) is 18.2 Å². The van der Waals surface area contributed by atoms with Crippen LogP contribution in [0.25, 0.3) is 11.8 Å². The minimum Gasteiger partial charge on any atom is -0.318 e. The number of amides is 4. The Labute approximate surface area is 180 Å². The Morgan fingerprint density at radius 2 is 1.52 bits per heavy atom. The van der Waals surface area contributed by atoms with E-state index in [-0.39, 0.29) is 5.57 Å². The molecule has 0 aliphatic carbocycles. The summed E-state index contributed by atoms with van der Waals surface area (Å²) in [6.45, 7) is 7.86. The van der Waals surface area contributed by atoms with Crippen LogP contribution in [-0.4, -0.2) is 22.4 Å². The molecule has 0 atom stereocenters. The van der Waals surface area contributed by atoms with Crippen LogP contribution in [0.2, 0.25) is 0 Å². The fraction of sp³-hybridized carbons (Fsp3) is 0.160. The molecule has 2 aromatic carbocycles. The Morgan fingerprint density at radius 1 is 0.806 bits per heavy atom. The van der Waals surface area contributed by atoms with E-state index in [2.05, 4.69) is 16.0 Å². The molecule has 2 heterocycles. The third kappa shape index (κ3) is 3.68. The summed E-state index contributed by atoms with van der Waals surface area (Å²) >= 11 is 0. The van der Waals surface area contributed by atoms with Gasteiger partial charge in [-0.05, 0) is 75.2 Å². The number of aromatic nitrogens is 1. The van der Waals surface area contributed by atoms with Gasteiger partial charge in [-0.1, -0.05) is 29.8 Å². The van der Waals surface area contributed by atoms with Gasteiger partial charge in [0.05, 0.1) is 5.69 Å². The van der Waals surface area contributed by atoms with Gasteiger partial charge in [0, 0.05) is 17.1 Å². The molecular formula is C25H23N3O3. The van der Waals surface area contributed by atoms with Crippen molar-refractivity contribution < 1.29 is 14.4 Å². The normalized spacial score (nSPS) is 15.5. The van der Waals surface area contributed by atoms with Crippen LogP contribution in [0.1, 0.15) is 28.1 Å². The summed E-state index contributed by atoms with van der Waals surface area (Å²) in [4.78, 5) is 39.0. The van der Waals surface area contributed by atoms with Crippen molar-refractivity contribution in [2.24, 2.45) is 0 Å². The number of anilines is 1. The van der Waals surface area contributed by atoms with Crippen molar-refractivity contribution in [1.29, 1.82) is 0 Å². The highest BCUT2D eigenvalue weighted by atomic mass is 16.2. The number of carbonyl (C=O) groups is 3. The first-order valence-corrected chi connectivity index (χ1v) is 10.0. The number of hydrogen-bond acceptors (Lipinski definition) is 3. The SMILES string of the molecule is Cc1ccc(N2C(=O)NC(=O)/C(=C\c3cc(C)n(-c4cccc(C)c4)c3C)C2=O)cc1. The van der Waals surface area contributed by atoms with Crippen molar-refractivity contribution in [3.8, 4) is 5.69 Å². The minimum atomic E-state index is -0.749. The molecule has 1 fully saturated rings. The monoisotopic (exact) mass is 413 g/mol. The molecule has 31 heavy (non-hydrogen) atoms. The molecule has 156 valence electrons. The number of rotatable bonds is 3. The largest absolute Gasteiger partial charge is 0.335 e. The molecule has 4 rings (SSSR count). The Kier molecular flexibility index (Phi) is 5.07. The van der Waals surface area contributed by atoms with Gasteiger partial charge in [0.25, 0.3) is 11.8 Å². The minimum absolute atomic E-state index is 0.0790. The van der Waals surface area contributed by atoms with Crippen LogP contribution in [0.15, 0.2) is 60.2 Å². The van der Waals surface area contributed by atoms with E-state index >= 15 is 0 Å². The smallest absolute Gasteiger partial charge is 0.318 e. The molecule has 4 amide bonds. The highest BCUT2D eigenvalue weighted by Gasteiger charge is 2.37. The van der Waals surface area contributed by atoms with E-state index in [1.807, 2.05) is 64.1 Å². The van der Waals surface area contributed by atoms with Crippen molar-refractivity contribution in [1.82, 2.24) is 9.88 Å². The van der Waals surface area contributed by atoms with Crippen LogP contribution in [0.3, 0.4) is 0 Å². The Bertz CT molecular complexity index is 1250. The maximum atomic E-state index is 13.1. The van der Waals surface area contributed by atoms with Gasteiger partial charge in [-0.15, -0.1) is 0 Å². The van der Waals surface area contributed by atoms with E-state index in [1.165, 1.54) is 0 Å². The van der Waals surface area contributed by atoms with Crippen molar-refractivity contribution in [3.05, 3.63) is 88.2 Å². The summed E-state index contributed by atoms with van der Waals surface area (Å²) in [5, 5.41) is 2.28. The lowest BCUT2D eigenvalue weighted by Gasteiger charge is -2.26. The van der Waals surface area contributed by atoms with Crippen LogP contribution >= 0.6 is 0 Å². The first-order valence-electron chi connectivity index (χ1n) is 10.0. The number of nitrogens with zero attached hydrogens (tertiary/aromatic N) is 2. The first kappa shape index (κ1) is 20.3. The summed E-state index contributed by atoms with van der Waals surface area (Å²) in [5.41, 5.74) is 6.11. The number of hydrogen-bond donors (Lipinski definition) is 1. The van der Waals surface area contributed by atoms with Gasteiger partial charge >= 0.3 is 6.03 Å². The molecule has 0 spiro atoms. The van der Waals surface area contributed by atoms with Crippen LogP contribution < -0.4 is 10.2 Å².